The van der Waals surface area contributed by atoms with Crippen LogP contribution in [0.5, 0.6) is 11.5 Å². The third kappa shape index (κ3) is 6.31. The lowest BCUT2D eigenvalue weighted by Gasteiger charge is -2.30. The summed E-state index contributed by atoms with van der Waals surface area (Å²) in [5, 5.41) is 3.09. The van der Waals surface area contributed by atoms with Gasteiger partial charge in [0.1, 0.15) is 18.1 Å². The molecule has 0 spiro atoms. The Bertz CT molecular complexity index is 973. The number of carbonyl (C=O) groups excluding carboxylic acids is 1. The largest absolute Gasteiger partial charge is 0.497 e. The van der Waals surface area contributed by atoms with Crippen LogP contribution < -0.4 is 14.8 Å². The Morgan fingerprint density at radius 3 is 2.38 bits per heavy atom. The van der Waals surface area contributed by atoms with E-state index >= 15 is 0 Å². The Hall–Kier alpha value is -3.38. The maximum atomic E-state index is 12.8. The number of carbonyl (C=O) groups is 1. The molecule has 1 atom stereocenters. The van der Waals surface area contributed by atoms with E-state index in [1.165, 1.54) is 0 Å². The summed E-state index contributed by atoms with van der Waals surface area (Å²) in [6, 6.07) is 19.1. The molecule has 1 aromatic heterocycles. The van der Waals surface area contributed by atoms with Gasteiger partial charge in [0, 0.05) is 24.5 Å². The van der Waals surface area contributed by atoms with Crippen LogP contribution in [0.1, 0.15) is 41.4 Å². The number of pyridine rings is 1. The van der Waals surface area contributed by atoms with Gasteiger partial charge in [-0.15, -0.1) is 0 Å². The van der Waals surface area contributed by atoms with Crippen molar-refractivity contribution in [3.63, 3.8) is 0 Å². The zero-order chi connectivity index (χ0) is 22.8. The maximum Gasteiger partial charge on any atom is 0.251 e. The lowest BCUT2D eigenvalue weighted by atomic mass is 10.0. The molecular weight excluding hydrogens is 402 g/mol. The summed E-state index contributed by atoms with van der Waals surface area (Å²) in [4.78, 5) is 19.1. The highest BCUT2D eigenvalue weighted by molar-refractivity contribution is 5.94. The molecule has 1 amide bonds. The van der Waals surface area contributed by atoms with Crippen molar-refractivity contribution in [2.24, 2.45) is 0 Å². The standard InChI is InChI=1S/C26H31N3O3/c1-4-29(5-2)25(22-7-6-8-24(17-22)31-3)18-28-26(30)21-9-11-23(12-10-21)32-19-20-13-15-27-16-14-20/h6-17,25H,4-5,18-19H2,1-3H3,(H,28,30). The predicted octanol–water partition coefficient (Wildman–Crippen LogP) is 4.48. The smallest absolute Gasteiger partial charge is 0.251 e. The van der Waals surface area contributed by atoms with Crippen molar-refractivity contribution in [3.8, 4) is 11.5 Å². The normalized spacial score (nSPS) is 11.8. The molecule has 3 rings (SSSR count). The number of ether oxygens (including phenoxy) is 2. The second-order valence-corrected chi connectivity index (χ2v) is 7.39. The number of benzene rings is 2. The molecule has 6 nitrogen and oxygen atoms in total. The van der Waals surface area contributed by atoms with E-state index in [0.717, 1.165) is 35.7 Å². The average Bonchev–Trinajstić information content (AvgIpc) is 2.86. The lowest BCUT2D eigenvalue weighted by molar-refractivity contribution is 0.0935. The molecule has 0 bridgehead atoms. The molecule has 2 aromatic carbocycles. The number of hydrogen-bond donors (Lipinski definition) is 1. The molecule has 0 aliphatic carbocycles. The van der Waals surface area contributed by atoms with E-state index in [1.807, 2.05) is 42.5 Å². The Balaban J connectivity index is 1.62. The molecule has 0 aliphatic heterocycles. The van der Waals surface area contributed by atoms with Gasteiger partial charge in [0.15, 0.2) is 0 Å². The fraction of sp³-hybridized carbons (Fsp3) is 0.308. The molecule has 1 unspecified atom stereocenters. The summed E-state index contributed by atoms with van der Waals surface area (Å²) in [7, 11) is 1.66. The van der Waals surface area contributed by atoms with Gasteiger partial charge in [-0.3, -0.25) is 14.7 Å². The van der Waals surface area contributed by atoms with E-state index < -0.39 is 0 Å². The summed E-state index contributed by atoms with van der Waals surface area (Å²) in [5.74, 6) is 1.43. The third-order valence-electron chi connectivity index (χ3n) is 5.46. The van der Waals surface area contributed by atoms with Gasteiger partial charge in [0.2, 0.25) is 0 Å². The van der Waals surface area contributed by atoms with Gasteiger partial charge >= 0.3 is 0 Å². The number of hydrogen-bond acceptors (Lipinski definition) is 5. The van der Waals surface area contributed by atoms with E-state index in [9.17, 15) is 4.79 Å². The number of methoxy groups -OCH3 is 1. The summed E-state index contributed by atoms with van der Waals surface area (Å²) < 4.78 is 11.2. The van der Waals surface area contributed by atoms with Gasteiger partial charge in [-0.1, -0.05) is 26.0 Å². The molecule has 3 aromatic rings. The predicted molar refractivity (Wildman–Crippen MR) is 126 cm³/mol. The summed E-state index contributed by atoms with van der Waals surface area (Å²) in [6.07, 6.45) is 3.48. The number of rotatable bonds is 11. The van der Waals surface area contributed by atoms with E-state index in [4.69, 9.17) is 9.47 Å². The van der Waals surface area contributed by atoms with Gasteiger partial charge < -0.3 is 14.8 Å². The zero-order valence-corrected chi connectivity index (χ0v) is 19.0. The summed E-state index contributed by atoms with van der Waals surface area (Å²) >= 11 is 0. The molecule has 0 aliphatic rings. The molecule has 6 heteroatoms. The van der Waals surface area contributed by atoms with Crippen LogP contribution in [0, 0.1) is 0 Å². The SMILES string of the molecule is CCN(CC)C(CNC(=O)c1ccc(OCc2ccncc2)cc1)c1cccc(OC)c1. The van der Waals surface area contributed by atoms with Crippen LogP contribution in [0.3, 0.4) is 0 Å². The van der Waals surface area contributed by atoms with E-state index in [-0.39, 0.29) is 11.9 Å². The summed E-state index contributed by atoms with van der Waals surface area (Å²) in [6.45, 7) is 7.00. The van der Waals surface area contributed by atoms with Crippen LogP contribution in [-0.2, 0) is 6.61 Å². The fourth-order valence-electron chi connectivity index (χ4n) is 3.61. The van der Waals surface area contributed by atoms with Crippen LogP contribution in [0.4, 0.5) is 0 Å². The fourth-order valence-corrected chi connectivity index (χ4v) is 3.61. The van der Waals surface area contributed by atoms with Gasteiger partial charge in [-0.25, -0.2) is 0 Å². The maximum absolute atomic E-state index is 12.8. The topological polar surface area (TPSA) is 63.7 Å². The van der Waals surface area contributed by atoms with Gasteiger partial charge in [-0.05, 0) is 72.7 Å². The van der Waals surface area contributed by atoms with Crippen LogP contribution in [-0.4, -0.2) is 42.5 Å². The molecule has 32 heavy (non-hydrogen) atoms. The van der Waals surface area contributed by atoms with Gasteiger partial charge in [-0.2, -0.15) is 0 Å². The van der Waals surface area contributed by atoms with Crippen molar-refractivity contribution in [2.75, 3.05) is 26.7 Å². The number of nitrogens with one attached hydrogen (secondary N) is 1. The molecule has 1 heterocycles. The number of nitrogens with zero attached hydrogens (tertiary/aromatic N) is 2. The minimum absolute atomic E-state index is 0.0621. The van der Waals surface area contributed by atoms with Crippen LogP contribution in [0.2, 0.25) is 0 Å². The Morgan fingerprint density at radius 2 is 1.72 bits per heavy atom. The molecule has 0 radical (unpaired) electrons. The second kappa shape index (κ2) is 11.9. The zero-order valence-electron chi connectivity index (χ0n) is 19.0. The quantitative estimate of drug-likeness (QED) is 0.483. The van der Waals surface area contributed by atoms with Crippen molar-refractivity contribution in [3.05, 3.63) is 89.7 Å². The van der Waals surface area contributed by atoms with Gasteiger partial charge in [0.05, 0.1) is 13.2 Å². The lowest BCUT2D eigenvalue weighted by Crippen LogP contribution is -2.38. The van der Waals surface area contributed by atoms with Crippen molar-refractivity contribution in [1.29, 1.82) is 0 Å². The Morgan fingerprint density at radius 1 is 1.00 bits per heavy atom. The minimum atomic E-state index is -0.106. The van der Waals surface area contributed by atoms with E-state index in [1.54, 1.807) is 31.6 Å². The van der Waals surface area contributed by atoms with Crippen LogP contribution in [0.25, 0.3) is 0 Å². The highest BCUT2D eigenvalue weighted by Crippen LogP contribution is 2.24. The van der Waals surface area contributed by atoms with Crippen LogP contribution in [0.15, 0.2) is 73.1 Å². The first-order chi connectivity index (χ1) is 15.6. The first-order valence-corrected chi connectivity index (χ1v) is 10.9. The number of aromatic nitrogens is 1. The molecule has 1 N–H and O–H groups in total. The molecular formula is C26H31N3O3. The van der Waals surface area contributed by atoms with Crippen molar-refractivity contribution < 1.29 is 14.3 Å². The second-order valence-electron chi connectivity index (χ2n) is 7.39. The molecule has 0 saturated heterocycles. The molecule has 0 saturated carbocycles. The highest BCUT2D eigenvalue weighted by Gasteiger charge is 2.20. The average molecular weight is 434 g/mol. The van der Waals surface area contributed by atoms with Crippen molar-refractivity contribution in [1.82, 2.24) is 15.2 Å². The Labute approximate surface area is 190 Å². The monoisotopic (exact) mass is 433 g/mol. The summed E-state index contributed by atoms with van der Waals surface area (Å²) in [5.41, 5.74) is 2.76. The minimum Gasteiger partial charge on any atom is -0.497 e. The number of amides is 1. The van der Waals surface area contributed by atoms with Crippen molar-refractivity contribution >= 4 is 5.91 Å². The molecule has 0 fully saturated rings. The first-order valence-electron chi connectivity index (χ1n) is 10.9. The highest BCUT2D eigenvalue weighted by atomic mass is 16.5. The molecule has 168 valence electrons. The van der Waals surface area contributed by atoms with Crippen molar-refractivity contribution in [2.45, 2.75) is 26.5 Å². The third-order valence-corrected chi connectivity index (χ3v) is 5.46. The Kier molecular flexibility index (Phi) is 8.63. The first kappa shape index (κ1) is 23.3. The van der Waals surface area contributed by atoms with Crippen LogP contribution >= 0.6 is 0 Å². The number of likely N-dealkylation sites (N-methyl/N-ethyl adjacent to an activating group) is 1. The van der Waals surface area contributed by atoms with E-state index in [2.05, 4.69) is 35.1 Å². The van der Waals surface area contributed by atoms with E-state index in [0.29, 0.717) is 18.7 Å². The van der Waals surface area contributed by atoms with Gasteiger partial charge in [0.25, 0.3) is 5.91 Å².